The van der Waals surface area contributed by atoms with Crippen molar-refractivity contribution in [3.63, 3.8) is 0 Å². The molecule has 0 aliphatic carbocycles. The first-order valence-corrected chi connectivity index (χ1v) is 4.73. The smallest absolute Gasteiger partial charge is 0.0571 e. The Bertz CT molecular complexity index is 129. The summed E-state index contributed by atoms with van der Waals surface area (Å²) in [7, 11) is 0. The van der Waals surface area contributed by atoms with E-state index in [2.05, 4.69) is 27.7 Å². The summed E-state index contributed by atoms with van der Waals surface area (Å²) in [6.07, 6.45) is 1.68. The van der Waals surface area contributed by atoms with Gasteiger partial charge in [0.15, 0.2) is 0 Å². The maximum absolute atomic E-state index is 5.69. The molecule has 2 atom stereocenters. The van der Waals surface area contributed by atoms with Crippen LogP contribution < -0.4 is 0 Å². The van der Waals surface area contributed by atoms with Crippen LogP contribution in [-0.2, 0) is 9.47 Å². The first-order valence-electron chi connectivity index (χ1n) is 4.73. The van der Waals surface area contributed by atoms with Crippen molar-refractivity contribution in [2.75, 3.05) is 13.2 Å². The minimum Gasteiger partial charge on any atom is -0.378 e. The van der Waals surface area contributed by atoms with Gasteiger partial charge >= 0.3 is 0 Å². The second-order valence-electron chi connectivity index (χ2n) is 4.64. The van der Waals surface area contributed by atoms with Gasteiger partial charge in [0.2, 0.25) is 0 Å². The van der Waals surface area contributed by atoms with Gasteiger partial charge in [-0.2, -0.15) is 0 Å². The normalized spacial score (nSPS) is 37.0. The minimum absolute atomic E-state index is 0.170. The van der Waals surface area contributed by atoms with Gasteiger partial charge in [0.1, 0.15) is 0 Å². The van der Waals surface area contributed by atoms with E-state index in [0.29, 0.717) is 12.2 Å². The van der Waals surface area contributed by atoms with Crippen molar-refractivity contribution in [3.8, 4) is 0 Å². The van der Waals surface area contributed by atoms with Gasteiger partial charge in [-0.25, -0.2) is 0 Å². The van der Waals surface area contributed by atoms with Crippen LogP contribution in [0.15, 0.2) is 0 Å². The quantitative estimate of drug-likeness (QED) is 0.558. The molecule has 2 heteroatoms. The van der Waals surface area contributed by atoms with Gasteiger partial charge < -0.3 is 9.47 Å². The summed E-state index contributed by atoms with van der Waals surface area (Å²) in [6.45, 7) is 10.2. The molecule has 0 bridgehead atoms. The van der Waals surface area contributed by atoms with Crippen LogP contribution in [0, 0.1) is 5.41 Å². The van der Waals surface area contributed by atoms with E-state index in [-0.39, 0.29) is 5.41 Å². The molecule has 1 heterocycles. The van der Waals surface area contributed by atoms with Gasteiger partial charge in [-0.05, 0) is 20.3 Å². The third-order valence-electron chi connectivity index (χ3n) is 2.18. The topological polar surface area (TPSA) is 18.5 Å². The van der Waals surface area contributed by atoms with Gasteiger partial charge in [0.25, 0.3) is 0 Å². The molecule has 0 spiro atoms. The van der Waals surface area contributed by atoms with Gasteiger partial charge in [0.05, 0.1) is 25.4 Å². The molecule has 0 radical (unpaired) electrons. The maximum Gasteiger partial charge on any atom is 0.0571 e. The number of rotatable bonds is 0. The molecule has 0 unspecified atom stereocenters. The zero-order valence-corrected chi connectivity index (χ0v) is 8.59. The first kappa shape index (κ1) is 10.0. The first-order chi connectivity index (χ1) is 5.49. The highest BCUT2D eigenvalue weighted by molar-refractivity contribution is 4.72. The molecule has 0 aromatic carbocycles. The molecule has 1 rings (SSSR count). The predicted octanol–water partition coefficient (Wildman–Crippen LogP) is 2.23. The molecule has 0 aromatic rings. The molecule has 0 amide bonds. The van der Waals surface area contributed by atoms with Crippen LogP contribution in [0.5, 0.6) is 0 Å². The largest absolute Gasteiger partial charge is 0.378 e. The number of hydrogen-bond acceptors (Lipinski definition) is 2. The molecule has 1 fully saturated rings. The van der Waals surface area contributed by atoms with E-state index in [1.807, 2.05) is 0 Å². The molecular formula is C10H20O2. The molecular weight excluding hydrogens is 152 g/mol. The molecule has 1 aliphatic rings. The van der Waals surface area contributed by atoms with Crippen molar-refractivity contribution < 1.29 is 9.47 Å². The summed E-state index contributed by atoms with van der Waals surface area (Å²) >= 11 is 0. The lowest BCUT2D eigenvalue weighted by atomic mass is 9.95. The number of hydrogen-bond donors (Lipinski definition) is 0. The third-order valence-corrected chi connectivity index (χ3v) is 2.18. The van der Waals surface area contributed by atoms with E-state index in [4.69, 9.17) is 9.47 Å². The Labute approximate surface area is 75.2 Å². The van der Waals surface area contributed by atoms with Crippen molar-refractivity contribution in [2.24, 2.45) is 5.41 Å². The van der Waals surface area contributed by atoms with Crippen LogP contribution in [0.1, 0.15) is 34.1 Å². The molecule has 1 aliphatic heterocycles. The van der Waals surface area contributed by atoms with Crippen LogP contribution in [0.4, 0.5) is 0 Å². The Morgan fingerprint density at radius 2 is 1.42 bits per heavy atom. The Morgan fingerprint density at radius 1 is 1.00 bits per heavy atom. The van der Waals surface area contributed by atoms with Crippen LogP contribution in [0.2, 0.25) is 0 Å². The molecule has 0 aromatic heterocycles. The van der Waals surface area contributed by atoms with Gasteiger partial charge in [-0.1, -0.05) is 13.8 Å². The highest BCUT2D eigenvalue weighted by Crippen LogP contribution is 2.22. The minimum atomic E-state index is 0.170. The van der Waals surface area contributed by atoms with E-state index in [9.17, 15) is 0 Å². The Morgan fingerprint density at radius 3 is 1.83 bits per heavy atom. The second kappa shape index (κ2) is 3.75. The van der Waals surface area contributed by atoms with E-state index >= 15 is 0 Å². The lowest BCUT2D eigenvalue weighted by Crippen LogP contribution is -2.34. The highest BCUT2D eigenvalue weighted by atomic mass is 16.5. The second-order valence-corrected chi connectivity index (χ2v) is 4.64. The number of ether oxygens (including phenoxy) is 2. The Kier molecular flexibility index (Phi) is 3.13. The van der Waals surface area contributed by atoms with Gasteiger partial charge in [-0.3, -0.25) is 0 Å². The Balaban J connectivity index is 2.48. The molecule has 12 heavy (non-hydrogen) atoms. The fourth-order valence-electron chi connectivity index (χ4n) is 1.38. The van der Waals surface area contributed by atoms with E-state index in [0.717, 1.165) is 19.6 Å². The molecule has 0 N–H and O–H groups in total. The monoisotopic (exact) mass is 172 g/mol. The van der Waals surface area contributed by atoms with Gasteiger partial charge in [0, 0.05) is 5.41 Å². The molecule has 72 valence electrons. The zero-order chi connectivity index (χ0) is 9.19. The van der Waals surface area contributed by atoms with Gasteiger partial charge in [-0.15, -0.1) is 0 Å². The van der Waals surface area contributed by atoms with Crippen LogP contribution in [0.25, 0.3) is 0 Å². The van der Waals surface area contributed by atoms with Crippen LogP contribution >= 0.6 is 0 Å². The average molecular weight is 172 g/mol. The van der Waals surface area contributed by atoms with Crippen molar-refractivity contribution >= 4 is 0 Å². The van der Waals surface area contributed by atoms with Crippen LogP contribution in [-0.4, -0.2) is 25.4 Å². The van der Waals surface area contributed by atoms with E-state index in [1.165, 1.54) is 0 Å². The van der Waals surface area contributed by atoms with Crippen LogP contribution in [0.3, 0.4) is 0 Å². The summed E-state index contributed by atoms with van der Waals surface area (Å²) in [5.74, 6) is 0. The third kappa shape index (κ3) is 3.11. The van der Waals surface area contributed by atoms with E-state index in [1.54, 1.807) is 0 Å². The predicted molar refractivity (Wildman–Crippen MR) is 49.2 cm³/mol. The summed E-state index contributed by atoms with van der Waals surface area (Å²) < 4.78 is 11.4. The SMILES string of the molecule is C[C@@H]1C[C@H](C)OCC(C)(C)CO1. The standard InChI is InChI=1S/C10H20O2/c1-8-5-9(2)12-7-10(3,4)6-11-8/h8-9H,5-7H2,1-4H3/t8-,9+. The molecule has 0 saturated carbocycles. The fraction of sp³-hybridized carbons (Fsp3) is 1.00. The summed E-state index contributed by atoms with van der Waals surface area (Å²) in [5.41, 5.74) is 0.170. The van der Waals surface area contributed by atoms with Crippen molar-refractivity contribution in [1.29, 1.82) is 0 Å². The molecule has 2 nitrogen and oxygen atoms in total. The average Bonchev–Trinajstić information content (AvgIpc) is 1.96. The maximum atomic E-state index is 5.69. The zero-order valence-electron chi connectivity index (χ0n) is 8.59. The lowest BCUT2D eigenvalue weighted by molar-refractivity contribution is -0.0953. The van der Waals surface area contributed by atoms with Crippen molar-refractivity contribution in [2.45, 2.75) is 46.3 Å². The Hall–Kier alpha value is -0.0800. The summed E-state index contributed by atoms with van der Waals surface area (Å²) in [6, 6.07) is 0. The summed E-state index contributed by atoms with van der Waals surface area (Å²) in [5, 5.41) is 0. The van der Waals surface area contributed by atoms with Crippen molar-refractivity contribution in [3.05, 3.63) is 0 Å². The summed E-state index contributed by atoms with van der Waals surface area (Å²) in [4.78, 5) is 0. The molecule has 1 saturated heterocycles. The lowest BCUT2D eigenvalue weighted by Gasteiger charge is -2.32. The fourth-order valence-corrected chi connectivity index (χ4v) is 1.38. The van der Waals surface area contributed by atoms with E-state index < -0.39 is 0 Å². The van der Waals surface area contributed by atoms with Crippen molar-refractivity contribution in [1.82, 2.24) is 0 Å². The highest BCUT2D eigenvalue weighted by Gasteiger charge is 2.24.